The van der Waals surface area contributed by atoms with Gasteiger partial charge in [-0.25, -0.2) is 4.79 Å². The maximum atomic E-state index is 12.8. The molecule has 1 fully saturated rings. The van der Waals surface area contributed by atoms with Gasteiger partial charge in [0.05, 0.1) is 5.56 Å². The van der Waals surface area contributed by atoms with Crippen molar-refractivity contribution in [3.8, 4) is 51.6 Å². The fourth-order valence-electron chi connectivity index (χ4n) is 4.39. The lowest BCUT2D eigenvalue weighted by Gasteiger charge is -2.39. The second kappa shape index (κ2) is 11.2. The number of rotatable bonds is 6. The lowest BCUT2D eigenvalue weighted by Crippen LogP contribution is -2.60. The standard InChI is InChI=1S/C28H24O15/c29-12-3-1-10(2-4-12)26-24(37)22(35)19-14(30)7-13(8-17(19)42-26)41-28-25(38)23(36)21(34)18(43-28)9-40-27(39)11-5-15(31)20(33)16(32)6-11/h1-8,18,21,23,25,28-34,36-38H,9H2/t18-,21-,23+,25-,28-/m1/s1. The van der Waals surface area contributed by atoms with Gasteiger partial charge >= 0.3 is 5.97 Å². The van der Waals surface area contributed by atoms with Crippen molar-refractivity contribution in [1.82, 2.24) is 0 Å². The van der Waals surface area contributed by atoms with Crippen molar-refractivity contribution in [3.63, 3.8) is 0 Å². The molecule has 0 saturated carbocycles. The highest BCUT2D eigenvalue weighted by atomic mass is 16.7. The van der Waals surface area contributed by atoms with E-state index in [1.807, 2.05) is 0 Å². The Bertz CT molecular complexity index is 1720. The first-order valence-corrected chi connectivity index (χ1v) is 12.5. The molecule has 4 aromatic rings. The van der Waals surface area contributed by atoms with Crippen LogP contribution in [0.4, 0.5) is 0 Å². The number of aliphatic hydroxyl groups excluding tert-OH is 3. The van der Waals surface area contributed by atoms with Gasteiger partial charge in [0.15, 0.2) is 23.0 Å². The molecule has 0 radical (unpaired) electrons. The molecule has 43 heavy (non-hydrogen) atoms. The summed E-state index contributed by atoms with van der Waals surface area (Å²) in [6, 6.07) is 9.05. The molecule has 0 spiro atoms. The quantitative estimate of drug-likeness (QED) is 0.109. The Balaban J connectivity index is 1.38. The number of esters is 1. The molecule has 0 unspecified atom stereocenters. The van der Waals surface area contributed by atoms with Crippen LogP contribution in [0.5, 0.6) is 40.2 Å². The summed E-state index contributed by atoms with van der Waals surface area (Å²) >= 11 is 0. The van der Waals surface area contributed by atoms with E-state index in [1.54, 1.807) is 0 Å². The third-order valence-electron chi connectivity index (χ3n) is 6.66. The molecule has 15 nitrogen and oxygen atoms in total. The minimum absolute atomic E-state index is 0.0786. The van der Waals surface area contributed by atoms with Crippen molar-refractivity contribution < 1.29 is 69.4 Å². The van der Waals surface area contributed by atoms with Gasteiger partial charge < -0.3 is 64.6 Å². The number of carbonyl (C=O) groups is 1. The molecule has 226 valence electrons. The SMILES string of the molecule is O=C(OC[C@H]1O[C@@H](Oc2cc(O)c3c(=O)c(O)c(-c4ccc(O)cc4)oc3c2)[C@H](O)[C@@H](O)[C@@H]1O)c1cc(O)c(O)c(O)c1. The molecular formula is C28H24O15. The Morgan fingerprint density at radius 1 is 0.791 bits per heavy atom. The number of hydrogen-bond acceptors (Lipinski definition) is 15. The topological polar surface area (TPSA) is 257 Å². The minimum atomic E-state index is -1.87. The average molecular weight is 600 g/mol. The molecule has 5 atom stereocenters. The lowest BCUT2D eigenvalue weighted by molar-refractivity contribution is -0.277. The number of phenols is 5. The normalized spacial score (nSPS) is 21.9. The average Bonchev–Trinajstić information content (AvgIpc) is 2.97. The third-order valence-corrected chi connectivity index (χ3v) is 6.66. The Morgan fingerprint density at radius 2 is 1.44 bits per heavy atom. The Morgan fingerprint density at radius 3 is 2.09 bits per heavy atom. The van der Waals surface area contributed by atoms with Crippen LogP contribution in [0.15, 0.2) is 57.7 Å². The second-order valence-corrected chi connectivity index (χ2v) is 9.57. The van der Waals surface area contributed by atoms with Crippen molar-refractivity contribution in [3.05, 3.63) is 64.3 Å². The number of aliphatic hydroxyl groups is 3. The van der Waals surface area contributed by atoms with Gasteiger partial charge in [0.2, 0.25) is 17.5 Å². The molecule has 3 aromatic carbocycles. The van der Waals surface area contributed by atoms with Gasteiger partial charge in [0, 0.05) is 17.7 Å². The second-order valence-electron chi connectivity index (χ2n) is 9.57. The van der Waals surface area contributed by atoms with Crippen molar-refractivity contribution in [2.45, 2.75) is 30.7 Å². The van der Waals surface area contributed by atoms with E-state index in [0.717, 1.165) is 24.3 Å². The lowest BCUT2D eigenvalue weighted by atomic mass is 9.99. The molecule has 1 aliphatic heterocycles. The molecule has 1 saturated heterocycles. The predicted octanol–water partition coefficient (Wildman–Crippen LogP) is 0.737. The fourth-order valence-corrected chi connectivity index (χ4v) is 4.39. The highest BCUT2D eigenvalue weighted by molar-refractivity contribution is 5.91. The van der Waals surface area contributed by atoms with Crippen LogP contribution >= 0.6 is 0 Å². The van der Waals surface area contributed by atoms with E-state index in [9.17, 15) is 55.5 Å². The number of benzene rings is 3. The summed E-state index contributed by atoms with van der Waals surface area (Å²) in [4.78, 5) is 25.2. The van der Waals surface area contributed by atoms with Gasteiger partial charge in [0.25, 0.3) is 0 Å². The van der Waals surface area contributed by atoms with E-state index >= 15 is 0 Å². The van der Waals surface area contributed by atoms with Crippen molar-refractivity contribution >= 4 is 16.9 Å². The van der Waals surface area contributed by atoms with Crippen molar-refractivity contribution in [1.29, 1.82) is 0 Å². The first kappa shape index (κ1) is 29.3. The Labute approximate surface area is 239 Å². The zero-order valence-electron chi connectivity index (χ0n) is 21.7. The molecule has 2 heterocycles. The van der Waals surface area contributed by atoms with Gasteiger partial charge in [-0.1, -0.05) is 0 Å². The molecule has 5 rings (SSSR count). The molecular weight excluding hydrogens is 576 g/mol. The summed E-state index contributed by atoms with van der Waals surface area (Å²) in [7, 11) is 0. The van der Waals surface area contributed by atoms with Gasteiger partial charge in [-0.05, 0) is 36.4 Å². The maximum absolute atomic E-state index is 12.8. The molecule has 0 amide bonds. The molecule has 1 aromatic heterocycles. The van der Waals surface area contributed by atoms with E-state index in [2.05, 4.69) is 0 Å². The van der Waals surface area contributed by atoms with Gasteiger partial charge in [0.1, 0.15) is 59.2 Å². The van der Waals surface area contributed by atoms with Crippen molar-refractivity contribution in [2.24, 2.45) is 0 Å². The Hall–Kier alpha value is -5.22. The number of carbonyl (C=O) groups excluding carboxylic acids is 1. The molecule has 0 bridgehead atoms. The first-order chi connectivity index (χ1) is 20.3. The third kappa shape index (κ3) is 5.52. The van der Waals surface area contributed by atoms with Crippen molar-refractivity contribution in [2.75, 3.05) is 6.61 Å². The van der Waals surface area contributed by atoms with Gasteiger partial charge in [-0.2, -0.15) is 0 Å². The summed E-state index contributed by atoms with van der Waals surface area (Å²) in [5.41, 5.74) is -1.37. The molecule has 9 N–H and O–H groups in total. The van der Waals surface area contributed by atoms with Crippen LogP contribution in [-0.4, -0.2) is 89.2 Å². The maximum Gasteiger partial charge on any atom is 0.338 e. The monoisotopic (exact) mass is 600 g/mol. The molecule has 1 aliphatic rings. The van der Waals surface area contributed by atoms with E-state index in [-0.39, 0.29) is 34.0 Å². The zero-order valence-corrected chi connectivity index (χ0v) is 21.7. The molecule has 15 heteroatoms. The number of fused-ring (bicyclic) bond motifs is 1. The van der Waals surface area contributed by atoms with Crippen LogP contribution in [0.25, 0.3) is 22.3 Å². The van der Waals surface area contributed by atoms with Crippen LogP contribution < -0.4 is 10.2 Å². The number of phenolic OH excluding ortho intramolecular Hbond substituents is 5. The fraction of sp³-hybridized carbons (Fsp3) is 0.214. The molecule has 0 aliphatic carbocycles. The summed E-state index contributed by atoms with van der Waals surface area (Å²) in [6.45, 7) is -0.709. The van der Waals surface area contributed by atoms with E-state index in [1.165, 1.54) is 24.3 Å². The summed E-state index contributed by atoms with van der Waals surface area (Å²) in [6.07, 6.45) is -8.69. The highest BCUT2D eigenvalue weighted by Gasteiger charge is 2.45. The first-order valence-electron chi connectivity index (χ1n) is 12.5. The van der Waals surface area contributed by atoms with Crippen LogP contribution in [0.1, 0.15) is 10.4 Å². The number of ether oxygens (including phenoxy) is 3. The van der Waals surface area contributed by atoms with E-state index in [0.29, 0.717) is 0 Å². The van der Waals surface area contributed by atoms with Crippen LogP contribution in [-0.2, 0) is 9.47 Å². The summed E-state index contributed by atoms with van der Waals surface area (Å²) in [5, 5.41) is 89.9. The van der Waals surface area contributed by atoms with E-state index in [4.69, 9.17) is 18.6 Å². The van der Waals surface area contributed by atoms with Crippen LogP contribution in [0.3, 0.4) is 0 Å². The summed E-state index contributed by atoms with van der Waals surface area (Å²) < 4.78 is 21.8. The number of aromatic hydroxyl groups is 6. The minimum Gasteiger partial charge on any atom is -0.508 e. The van der Waals surface area contributed by atoms with Gasteiger partial charge in [-0.15, -0.1) is 0 Å². The van der Waals surface area contributed by atoms with Crippen LogP contribution in [0.2, 0.25) is 0 Å². The van der Waals surface area contributed by atoms with Gasteiger partial charge in [-0.3, -0.25) is 4.79 Å². The summed E-state index contributed by atoms with van der Waals surface area (Å²) in [5.74, 6) is -5.64. The Kier molecular flexibility index (Phi) is 7.64. The highest BCUT2D eigenvalue weighted by Crippen LogP contribution is 2.37. The van der Waals surface area contributed by atoms with E-state index < -0.39 is 82.8 Å². The van der Waals surface area contributed by atoms with Crippen LogP contribution in [0, 0.1) is 0 Å². The number of hydrogen-bond donors (Lipinski definition) is 9. The predicted molar refractivity (Wildman–Crippen MR) is 142 cm³/mol. The smallest absolute Gasteiger partial charge is 0.338 e. The largest absolute Gasteiger partial charge is 0.508 e. The zero-order chi connectivity index (χ0) is 31.2.